The zero-order valence-electron chi connectivity index (χ0n) is 16.8. The number of benzene rings is 3. The van der Waals surface area contributed by atoms with E-state index in [9.17, 15) is 26.0 Å². The van der Waals surface area contributed by atoms with E-state index in [2.05, 4.69) is 4.98 Å². The van der Waals surface area contributed by atoms with Gasteiger partial charge in [-0.1, -0.05) is 23.7 Å². The van der Waals surface area contributed by atoms with Crippen molar-refractivity contribution in [3.8, 4) is 22.6 Å². The number of fused-ring (bicyclic) bond motifs is 1. The second kappa shape index (κ2) is 8.31. The molecule has 4 nitrogen and oxygen atoms in total. The molecule has 0 aliphatic rings. The van der Waals surface area contributed by atoms with E-state index in [0.29, 0.717) is 11.1 Å². The normalized spacial score (nSPS) is 12.2. The molecule has 0 spiro atoms. The lowest BCUT2D eigenvalue weighted by molar-refractivity contribution is -0.136. The maximum atomic E-state index is 13.9. The number of hydrogen-bond donors (Lipinski definition) is 0. The number of nitrogens with zero attached hydrogens (tertiary/aromatic N) is 1. The van der Waals surface area contributed by atoms with Crippen LogP contribution < -0.4 is 4.74 Å². The summed E-state index contributed by atoms with van der Waals surface area (Å²) in [5.41, 5.74) is -0.357. The van der Waals surface area contributed by atoms with E-state index in [1.807, 2.05) is 0 Å². The van der Waals surface area contributed by atoms with Gasteiger partial charge >= 0.3 is 6.18 Å². The van der Waals surface area contributed by atoms with E-state index in [1.165, 1.54) is 48.7 Å². The molecule has 0 aliphatic heterocycles. The first kappa shape index (κ1) is 23.0. The Balaban J connectivity index is 1.82. The summed E-state index contributed by atoms with van der Waals surface area (Å²) in [6.07, 6.45) is -2.40. The monoisotopic (exact) mass is 495 g/mol. The van der Waals surface area contributed by atoms with E-state index in [0.717, 1.165) is 24.5 Å². The van der Waals surface area contributed by atoms with Crippen LogP contribution in [0.15, 0.2) is 71.8 Å². The fourth-order valence-corrected chi connectivity index (χ4v) is 4.24. The van der Waals surface area contributed by atoms with Crippen LogP contribution in [0.3, 0.4) is 0 Å². The first-order valence-electron chi connectivity index (χ1n) is 9.37. The molecule has 33 heavy (non-hydrogen) atoms. The maximum Gasteiger partial charge on any atom is 0.418 e. The van der Waals surface area contributed by atoms with Crippen LogP contribution in [-0.2, 0) is 16.0 Å². The Labute approximate surface area is 191 Å². The van der Waals surface area contributed by atoms with E-state index < -0.39 is 27.4 Å². The molecular formula is C23H14ClF4NO3S. The summed E-state index contributed by atoms with van der Waals surface area (Å²) >= 11 is 6.34. The van der Waals surface area contributed by atoms with Gasteiger partial charge in [0, 0.05) is 34.5 Å². The van der Waals surface area contributed by atoms with Crippen molar-refractivity contribution in [1.82, 2.24) is 4.98 Å². The number of alkyl halides is 3. The Bertz CT molecular complexity index is 1490. The van der Waals surface area contributed by atoms with Crippen LogP contribution in [-0.4, -0.2) is 19.7 Å². The van der Waals surface area contributed by atoms with Crippen molar-refractivity contribution in [1.29, 1.82) is 0 Å². The van der Waals surface area contributed by atoms with Gasteiger partial charge in [0.1, 0.15) is 17.3 Å². The molecule has 1 aromatic heterocycles. The van der Waals surface area contributed by atoms with Crippen LogP contribution >= 0.6 is 11.6 Å². The highest BCUT2D eigenvalue weighted by Crippen LogP contribution is 2.40. The maximum absolute atomic E-state index is 13.9. The lowest BCUT2D eigenvalue weighted by atomic mass is 9.99. The highest BCUT2D eigenvalue weighted by molar-refractivity contribution is 7.90. The Kier molecular flexibility index (Phi) is 5.79. The molecule has 0 bridgehead atoms. The molecule has 0 atom stereocenters. The number of aromatic nitrogens is 1. The average Bonchev–Trinajstić information content (AvgIpc) is 2.72. The minimum atomic E-state index is -4.59. The third-order valence-corrected chi connectivity index (χ3v) is 6.23. The molecule has 4 rings (SSSR count). The molecule has 0 radical (unpaired) electrons. The lowest BCUT2D eigenvalue weighted by Gasteiger charge is -2.14. The summed E-state index contributed by atoms with van der Waals surface area (Å²) in [6.45, 7) is 0. The number of rotatable bonds is 4. The molecule has 0 N–H and O–H groups in total. The van der Waals surface area contributed by atoms with Crippen LogP contribution in [0.2, 0.25) is 5.02 Å². The average molecular weight is 496 g/mol. The minimum Gasteiger partial charge on any atom is -0.457 e. The van der Waals surface area contributed by atoms with Gasteiger partial charge in [0.2, 0.25) is 0 Å². The molecule has 10 heteroatoms. The van der Waals surface area contributed by atoms with Crippen molar-refractivity contribution in [2.75, 3.05) is 6.26 Å². The highest BCUT2D eigenvalue weighted by Gasteiger charge is 2.33. The zero-order valence-corrected chi connectivity index (χ0v) is 18.4. The lowest BCUT2D eigenvalue weighted by Crippen LogP contribution is -2.06. The number of sulfone groups is 1. The fraction of sp³-hybridized carbons (Fsp3) is 0.0870. The molecule has 1 heterocycles. The standard InChI is InChI=1S/C23H14ClF4NO3S/c1-33(30,31)16-10-13(25)9-15(11-16)32-14-5-6-21(24)19(12-14)17-7-8-29-22-18(17)3-2-4-20(22)23(26,27)28/h2-12H,1H3. The van der Waals surface area contributed by atoms with Gasteiger partial charge in [0.15, 0.2) is 9.84 Å². The van der Waals surface area contributed by atoms with Gasteiger partial charge in [-0.2, -0.15) is 13.2 Å². The Morgan fingerprint density at radius 3 is 2.39 bits per heavy atom. The molecule has 4 aromatic rings. The van der Waals surface area contributed by atoms with Gasteiger partial charge in [0.25, 0.3) is 0 Å². The van der Waals surface area contributed by atoms with Crippen LogP contribution in [0.5, 0.6) is 11.5 Å². The van der Waals surface area contributed by atoms with E-state index in [4.69, 9.17) is 16.3 Å². The second-order valence-corrected chi connectivity index (χ2v) is 9.62. The van der Waals surface area contributed by atoms with Crippen LogP contribution in [0.4, 0.5) is 17.6 Å². The Morgan fingerprint density at radius 1 is 0.939 bits per heavy atom. The summed E-state index contributed by atoms with van der Waals surface area (Å²) < 4.78 is 83.4. The van der Waals surface area contributed by atoms with Gasteiger partial charge in [-0.25, -0.2) is 12.8 Å². The Hall–Kier alpha value is -3.17. The van der Waals surface area contributed by atoms with Gasteiger partial charge < -0.3 is 4.74 Å². The number of pyridine rings is 1. The number of ether oxygens (including phenoxy) is 1. The molecule has 0 saturated carbocycles. The minimum absolute atomic E-state index is 0.0670. The SMILES string of the molecule is CS(=O)(=O)c1cc(F)cc(Oc2ccc(Cl)c(-c3ccnc4c(C(F)(F)F)cccc34)c2)c1. The summed E-state index contributed by atoms with van der Waals surface area (Å²) in [6, 6.07) is 12.7. The third kappa shape index (κ3) is 4.79. The summed E-state index contributed by atoms with van der Waals surface area (Å²) in [4.78, 5) is 3.65. The molecule has 0 fully saturated rings. The van der Waals surface area contributed by atoms with Crippen molar-refractivity contribution >= 4 is 32.3 Å². The number of halogens is 5. The highest BCUT2D eigenvalue weighted by atomic mass is 35.5. The first-order chi connectivity index (χ1) is 15.4. The predicted molar refractivity (Wildman–Crippen MR) is 117 cm³/mol. The molecule has 0 unspecified atom stereocenters. The molecule has 170 valence electrons. The number of hydrogen-bond acceptors (Lipinski definition) is 4. The molecular weight excluding hydrogens is 482 g/mol. The van der Waals surface area contributed by atoms with Gasteiger partial charge in [-0.15, -0.1) is 0 Å². The first-order valence-corrected chi connectivity index (χ1v) is 11.6. The van der Waals surface area contributed by atoms with E-state index in [1.54, 1.807) is 0 Å². The molecule has 0 amide bonds. The van der Waals surface area contributed by atoms with Gasteiger partial charge in [-0.05, 0) is 48.0 Å². The van der Waals surface area contributed by atoms with Crippen molar-refractivity contribution in [2.45, 2.75) is 11.1 Å². The zero-order chi connectivity index (χ0) is 24.0. The smallest absolute Gasteiger partial charge is 0.418 e. The van der Waals surface area contributed by atoms with Gasteiger partial charge in [0.05, 0.1) is 16.0 Å². The largest absolute Gasteiger partial charge is 0.457 e. The molecule has 0 aliphatic carbocycles. The van der Waals surface area contributed by atoms with Crippen molar-refractivity contribution in [3.63, 3.8) is 0 Å². The summed E-state index contributed by atoms with van der Waals surface area (Å²) in [5, 5.41) is 0.472. The topological polar surface area (TPSA) is 56.3 Å². The fourth-order valence-electron chi connectivity index (χ4n) is 3.36. The molecule has 0 saturated heterocycles. The summed E-state index contributed by atoms with van der Waals surface area (Å²) in [7, 11) is -3.68. The number of para-hydroxylation sites is 1. The van der Waals surface area contributed by atoms with E-state index >= 15 is 0 Å². The van der Waals surface area contributed by atoms with Crippen LogP contribution in [0.1, 0.15) is 5.56 Å². The van der Waals surface area contributed by atoms with Crippen LogP contribution in [0.25, 0.3) is 22.0 Å². The molecule has 3 aromatic carbocycles. The summed E-state index contributed by atoms with van der Waals surface area (Å²) in [5.74, 6) is -0.694. The van der Waals surface area contributed by atoms with Crippen molar-refractivity contribution in [3.05, 3.63) is 83.3 Å². The van der Waals surface area contributed by atoms with Crippen molar-refractivity contribution in [2.24, 2.45) is 0 Å². The Morgan fingerprint density at radius 2 is 1.70 bits per heavy atom. The third-order valence-electron chi connectivity index (χ3n) is 4.81. The quantitative estimate of drug-likeness (QED) is 0.289. The van der Waals surface area contributed by atoms with Gasteiger partial charge in [-0.3, -0.25) is 4.98 Å². The van der Waals surface area contributed by atoms with E-state index in [-0.39, 0.29) is 32.3 Å². The van der Waals surface area contributed by atoms with Crippen LogP contribution in [0, 0.1) is 5.82 Å². The van der Waals surface area contributed by atoms with Crippen molar-refractivity contribution < 1.29 is 30.7 Å². The predicted octanol–water partition coefficient (Wildman–Crippen LogP) is 6.91. The second-order valence-electron chi connectivity index (χ2n) is 7.20.